The number of rotatable bonds is 3. The normalized spacial score (nSPS) is 28.7. The fourth-order valence-electron chi connectivity index (χ4n) is 5.50. The van der Waals surface area contributed by atoms with Crippen molar-refractivity contribution in [3.63, 3.8) is 0 Å². The van der Waals surface area contributed by atoms with Gasteiger partial charge in [-0.15, -0.1) is 10.2 Å². The smallest absolute Gasteiger partial charge is 0.290 e. The van der Waals surface area contributed by atoms with Crippen molar-refractivity contribution in [2.45, 2.75) is 76.0 Å². The molecule has 2 saturated heterocycles. The van der Waals surface area contributed by atoms with Gasteiger partial charge in [0.15, 0.2) is 5.82 Å². The van der Waals surface area contributed by atoms with E-state index in [1.807, 2.05) is 0 Å². The van der Waals surface area contributed by atoms with Gasteiger partial charge in [-0.2, -0.15) is 0 Å². The zero-order chi connectivity index (χ0) is 20.1. The Morgan fingerprint density at radius 3 is 2.62 bits per heavy atom. The van der Waals surface area contributed by atoms with Crippen molar-refractivity contribution in [1.82, 2.24) is 19.7 Å². The summed E-state index contributed by atoms with van der Waals surface area (Å²) in [5.41, 5.74) is -0.0238. The van der Waals surface area contributed by atoms with E-state index in [0.717, 1.165) is 57.3 Å². The van der Waals surface area contributed by atoms with E-state index in [2.05, 4.69) is 19.7 Å². The van der Waals surface area contributed by atoms with Crippen molar-refractivity contribution in [1.29, 1.82) is 0 Å². The Morgan fingerprint density at radius 2 is 1.86 bits per heavy atom. The van der Waals surface area contributed by atoms with Crippen LogP contribution in [0, 0.1) is 5.92 Å². The molecule has 29 heavy (non-hydrogen) atoms. The van der Waals surface area contributed by atoms with Crippen LogP contribution in [-0.4, -0.2) is 69.7 Å². The Kier molecular flexibility index (Phi) is 6.82. The molecule has 4 heterocycles. The van der Waals surface area contributed by atoms with Crippen LogP contribution in [0.4, 0.5) is 0 Å². The lowest BCUT2D eigenvalue weighted by Gasteiger charge is -2.36. The molecule has 1 aromatic heterocycles. The van der Waals surface area contributed by atoms with E-state index < -0.39 is 0 Å². The van der Waals surface area contributed by atoms with Crippen LogP contribution in [0.5, 0.6) is 0 Å². The highest BCUT2D eigenvalue weighted by Gasteiger charge is 2.44. The summed E-state index contributed by atoms with van der Waals surface area (Å²) >= 11 is 0. The minimum absolute atomic E-state index is 0.0238. The molecule has 1 aromatic rings. The van der Waals surface area contributed by atoms with Crippen LogP contribution in [0.2, 0.25) is 0 Å². The summed E-state index contributed by atoms with van der Waals surface area (Å²) in [5.74, 6) is 3.60. The predicted octanol–water partition coefficient (Wildman–Crippen LogP) is 2.43. The van der Waals surface area contributed by atoms with Gasteiger partial charge in [-0.3, -0.25) is 4.79 Å². The average molecular weight is 407 g/mol. The Morgan fingerprint density at radius 1 is 1.10 bits per heavy atom. The standard InChI is InChI=1S/C20H32N4O2.CH2O2/c1-2-4-16(5-3-1)12-23-9-8-20(14-23)15-24-18(13-26-20)21-22-19(24)17-6-10-25-11-7-17;2-1-3/h16-17H,1-15H2;1H,(H,2,3). The largest absolute Gasteiger partial charge is 0.483 e. The minimum Gasteiger partial charge on any atom is -0.483 e. The summed E-state index contributed by atoms with van der Waals surface area (Å²) in [6, 6.07) is 0. The number of aromatic nitrogens is 3. The van der Waals surface area contributed by atoms with Crippen molar-refractivity contribution >= 4 is 6.47 Å². The minimum atomic E-state index is -0.250. The number of hydrogen-bond acceptors (Lipinski definition) is 6. The first kappa shape index (κ1) is 20.8. The van der Waals surface area contributed by atoms with E-state index >= 15 is 0 Å². The maximum absolute atomic E-state index is 8.36. The first-order valence-corrected chi connectivity index (χ1v) is 11.2. The summed E-state index contributed by atoms with van der Waals surface area (Å²) in [6.07, 6.45) is 10.4. The van der Waals surface area contributed by atoms with Crippen LogP contribution in [-0.2, 0) is 27.4 Å². The van der Waals surface area contributed by atoms with E-state index in [-0.39, 0.29) is 12.1 Å². The molecule has 3 fully saturated rings. The summed E-state index contributed by atoms with van der Waals surface area (Å²) in [4.78, 5) is 11.0. The lowest BCUT2D eigenvalue weighted by Crippen LogP contribution is -2.45. The highest BCUT2D eigenvalue weighted by atomic mass is 16.5. The first-order valence-electron chi connectivity index (χ1n) is 11.2. The lowest BCUT2D eigenvalue weighted by molar-refractivity contribution is -0.122. The van der Waals surface area contributed by atoms with E-state index in [1.165, 1.54) is 51.0 Å². The monoisotopic (exact) mass is 406 g/mol. The van der Waals surface area contributed by atoms with Gasteiger partial charge in [-0.25, -0.2) is 0 Å². The topological polar surface area (TPSA) is 89.7 Å². The Labute approximate surface area is 172 Å². The molecule has 0 bridgehead atoms. The zero-order valence-corrected chi connectivity index (χ0v) is 17.3. The summed E-state index contributed by atoms with van der Waals surface area (Å²) in [7, 11) is 0. The second-order valence-corrected chi connectivity index (χ2v) is 9.01. The molecule has 162 valence electrons. The molecule has 3 aliphatic heterocycles. The highest BCUT2D eigenvalue weighted by Crippen LogP contribution is 2.36. The van der Waals surface area contributed by atoms with Gasteiger partial charge in [0.05, 0.1) is 6.54 Å². The van der Waals surface area contributed by atoms with E-state index in [1.54, 1.807) is 0 Å². The second-order valence-electron chi connectivity index (χ2n) is 9.01. The number of ether oxygens (including phenoxy) is 2. The van der Waals surface area contributed by atoms with Gasteiger partial charge in [0.25, 0.3) is 6.47 Å². The SMILES string of the molecule is C1CCC(CN2CCC3(C2)Cn2c(nnc2C2CCOCC2)CO3)CC1.O=CO. The van der Waals surface area contributed by atoms with Gasteiger partial charge >= 0.3 is 0 Å². The predicted molar refractivity (Wildman–Crippen MR) is 107 cm³/mol. The third-order valence-corrected chi connectivity index (χ3v) is 7.03. The molecule has 1 saturated carbocycles. The van der Waals surface area contributed by atoms with Gasteiger partial charge in [-0.05, 0) is 38.0 Å². The molecule has 0 amide bonds. The van der Waals surface area contributed by atoms with Gasteiger partial charge in [0.2, 0.25) is 0 Å². The van der Waals surface area contributed by atoms with Gasteiger partial charge < -0.3 is 24.0 Å². The molecule has 1 spiro atoms. The fraction of sp³-hybridized carbons (Fsp3) is 0.857. The third kappa shape index (κ3) is 4.81. The number of carboxylic acid groups (broad SMARTS) is 1. The van der Waals surface area contributed by atoms with Crippen LogP contribution in [0.1, 0.15) is 68.9 Å². The third-order valence-electron chi connectivity index (χ3n) is 7.03. The molecular formula is C21H34N4O4. The molecular weight excluding hydrogens is 372 g/mol. The van der Waals surface area contributed by atoms with Crippen molar-refractivity contribution in [2.75, 3.05) is 32.8 Å². The molecule has 4 aliphatic rings. The van der Waals surface area contributed by atoms with Crippen LogP contribution in [0.3, 0.4) is 0 Å². The first-order chi connectivity index (χ1) is 14.2. The Balaban J connectivity index is 0.000000645. The van der Waals surface area contributed by atoms with Crippen LogP contribution < -0.4 is 0 Å². The lowest BCUT2D eigenvalue weighted by atomic mass is 9.89. The van der Waals surface area contributed by atoms with Gasteiger partial charge in [0.1, 0.15) is 18.0 Å². The molecule has 0 aromatic carbocycles. The quantitative estimate of drug-likeness (QED) is 0.771. The van der Waals surface area contributed by atoms with Crippen LogP contribution in [0.15, 0.2) is 0 Å². The molecule has 1 atom stereocenters. The van der Waals surface area contributed by atoms with E-state index in [0.29, 0.717) is 12.5 Å². The number of fused-ring (bicyclic) bond motifs is 1. The fourth-order valence-corrected chi connectivity index (χ4v) is 5.50. The number of hydrogen-bond donors (Lipinski definition) is 1. The molecule has 8 heteroatoms. The number of nitrogens with zero attached hydrogens (tertiary/aromatic N) is 4. The van der Waals surface area contributed by atoms with Crippen molar-refractivity contribution in [3.8, 4) is 0 Å². The summed E-state index contributed by atoms with van der Waals surface area (Å²) in [5, 5.41) is 15.9. The second kappa shape index (κ2) is 9.53. The van der Waals surface area contributed by atoms with Crippen molar-refractivity contribution < 1.29 is 19.4 Å². The molecule has 1 aliphatic carbocycles. The Hall–Kier alpha value is -1.51. The maximum atomic E-state index is 8.36. The van der Waals surface area contributed by atoms with Crippen LogP contribution in [0.25, 0.3) is 0 Å². The molecule has 8 nitrogen and oxygen atoms in total. The zero-order valence-electron chi connectivity index (χ0n) is 17.3. The number of likely N-dealkylation sites (tertiary alicyclic amines) is 1. The number of carbonyl (C=O) groups is 1. The molecule has 5 rings (SSSR count). The van der Waals surface area contributed by atoms with E-state index in [9.17, 15) is 0 Å². The average Bonchev–Trinajstić information content (AvgIpc) is 3.34. The molecule has 1 unspecified atom stereocenters. The maximum Gasteiger partial charge on any atom is 0.290 e. The Bertz CT molecular complexity index is 670. The highest BCUT2D eigenvalue weighted by molar-refractivity contribution is 5.32. The summed E-state index contributed by atoms with van der Waals surface area (Å²) in [6.45, 7) is 6.53. The van der Waals surface area contributed by atoms with Gasteiger partial charge in [0, 0.05) is 38.8 Å². The van der Waals surface area contributed by atoms with Crippen molar-refractivity contribution in [2.24, 2.45) is 5.92 Å². The van der Waals surface area contributed by atoms with E-state index in [4.69, 9.17) is 19.4 Å². The molecule has 0 radical (unpaired) electrons. The summed E-state index contributed by atoms with van der Waals surface area (Å²) < 4.78 is 14.3. The van der Waals surface area contributed by atoms with Crippen LogP contribution >= 0.6 is 0 Å². The van der Waals surface area contributed by atoms with Crippen molar-refractivity contribution in [3.05, 3.63) is 11.6 Å². The van der Waals surface area contributed by atoms with Gasteiger partial charge in [-0.1, -0.05) is 19.3 Å². The molecule has 1 N–H and O–H groups in total.